The van der Waals surface area contributed by atoms with Crippen LogP contribution in [0.15, 0.2) is 136 Å². The average molecular weight is 1760 g/mol. The number of anilines is 9. The number of hydrogen-bond acceptors (Lipinski definition) is 23. The van der Waals surface area contributed by atoms with Gasteiger partial charge in [0.1, 0.15) is 37.4 Å². The lowest BCUT2D eigenvalue weighted by Crippen LogP contribution is -2.46. The van der Waals surface area contributed by atoms with Gasteiger partial charge in [-0.1, -0.05) is 57.7 Å². The molecule has 612 valence electrons. The summed E-state index contributed by atoms with van der Waals surface area (Å²) in [7, 11) is -2.74. The highest BCUT2D eigenvalue weighted by atomic mass is 79.9. The van der Waals surface area contributed by atoms with Crippen LogP contribution in [0.5, 0.6) is 23.0 Å². The Morgan fingerprint density at radius 1 is 0.566 bits per heavy atom. The summed E-state index contributed by atoms with van der Waals surface area (Å²) in [6.45, 7) is 25.1. The van der Waals surface area contributed by atoms with Crippen LogP contribution >= 0.6 is 57.7 Å². The SMILES string of the molecule is CCCCO.CCc1cc(N)c(OC)cc1N1CCC(N2CCCCC2)CC1.CCc1cc(Nc2ncc(Br)c(Nc3ccc(-n4cc(OC)cn4)cc3P(C)(C)=O)n2)c(OC)cc1N1CCC(N2CCCCC2)CC1.COc1cnn(-c2ccc(Nc3nc(Cl)ncc3Br)c(P(C)(C)=O)c2)c1.Cc1ccc(S(=O)(=O)O)cc1. The summed E-state index contributed by atoms with van der Waals surface area (Å²) in [5, 5.41) is 28.1. The molecule has 0 bridgehead atoms. The van der Waals surface area contributed by atoms with Crippen molar-refractivity contribution in [1.82, 2.24) is 49.3 Å². The molecule has 13 rings (SSSR count). The van der Waals surface area contributed by atoms with Crippen molar-refractivity contribution in [1.29, 1.82) is 0 Å². The first kappa shape index (κ1) is 89.1. The van der Waals surface area contributed by atoms with Crippen LogP contribution in [0.1, 0.15) is 115 Å². The van der Waals surface area contributed by atoms with Crippen LogP contribution in [0.3, 0.4) is 0 Å². The number of nitrogen functional groups attached to an aromatic ring is 1. The van der Waals surface area contributed by atoms with Crippen LogP contribution in [-0.2, 0) is 32.1 Å². The highest BCUT2D eigenvalue weighted by molar-refractivity contribution is 9.11. The molecule has 5 aromatic carbocycles. The molecule has 4 fully saturated rings. The van der Waals surface area contributed by atoms with Gasteiger partial charge in [0, 0.05) is 91.4 Å². The molecule has 0 unspecified atom stereocenters. The number of halogens is 3. The van der Waals surface area contributed by atoms with Crippen molar-refractivity contribution < 1.29 is 46.2 Å². The molecule has 32 heteroatoms. The standard InChI is InChI=1S/C35H46BrN8O3P.C19H31N3O.C16H16BrClN5O2P.C7H8O3S.C4H10O/c1-6-24-18-30(32(47-3)20-31(24)43-16-12-25(13-17-43)42-14-8-7-9-15-42)40-35-37-22-28(36)34(41-35)39-29-11-10-26(19-33(29)48(4,5)45)44-23-27(46-2)21-38-44;1-3-15-13-17(20)19(23-2)14-18(15)22-11-7-16(8-12-22)21-9-5-4-6-10-21;1-25-11-7-20-23(9-11)10-4-5-13(14(6-10)26(2,3)24)21-15-12(17)8-19-16(18)22-15;1-6-2-4-7(5-3-6)11(8,9)10;1-2-3-4-5/h10-11,18-23,25H,6-9,12-17H2,1-5H3,(H2,37,39,40,41);13-14,16H,3-12,20H2,1-2H3;4-9H,1-3H3,(H,19,21,22);2-5H,1H3,(H,8,9,10);5H,2-4H2,1H3. The minimum Gasteiger partial charge on any atom is -0.495 e. The predicted octanol–water partition coefficient (Wildman–Crippen LogP) is 16.6. The Labute approximate surface area is 688 Å². The summed E-state index contributed by atoms with van der Waals surface area (Å²) < 4.78 is 82.3. The lowest BCUT2D eigenvalue weighted by molar-refractivity contribution is 0.141. The summed E-state index contributed by atoms with van der Waals surface area (Å²) in [5.74, 6) is 4.28. The number of nitrogens with zero attached hydrogens (tertiary/aromatic N) is 12. The fourth-order valence-corrected chi connectivity index (χ4v) is 17.6. The normalized spacial score (nSPS) is 15.2. The zero-order valence-electron chi connectivity index (χ0n) is 67.0. The van der Waals surface area contributed by atoms with E-state index in [4.69, 9.17) is 50.9 Å². The van der Waals surface area contributed by atoms with Crippen molar-refractivity contribution >= 4 is 130 Å². The first-order valence-corrected chi connectivity index (χ1v) is 47.1. The molecule has 113 heavy (non-hydrogen) atoms. The summed E-state index contributed by atoms with van der Waals surface area (Å²) in [6.07, 6.45) is 27.2. The molecular formula is C81H111Br2ClN16O10P2S. The second-order valence-corrected chi connectivity index (χ2v) is 38.8. The molecule has 0 atom stereocenters. The van der Waals surface area contributed by atoms with E-state index in [1.54, 1.807) is 114 Å². The summed E-state index contributed by atoms with van der Waals surface area (Å²) in [6, 6.07) is 27.2. The molecule has 0 amide bonds. The minimum atomic E-state index is -4.02. The molecule has 4 aromatic heterocycles. The molecular weight excluding hydrogens is 1650 g/mol. The second kappa shape index (κ2) is 42.2. The molecule has 0 aliphatic carbocycles. The van der Waals surface area contributed by atoms with Crippen molar-refractivity contribution in [2.75, 3.05) is 146 Å². The zero-order valence-corrected chi connectivity index (χ0v) is 73.5. The van der Waals surface area contributed by atoms with E-state index in [1.807, 2.05) is 43.3 Å². The topological polar surface area (TPSA) is 308 Å². The van der Waals surface area contributed by atoms with Crippen LogP contribution < -0.4 is 61.0 Å². The number of aliphatic hydroxyl groups is 1. The molecule has 0 saturated carbocycles. The number of aromatic nitrogens is 8. The van der Waals surface area contributed by atoms with Gasteiger partial charge in [-0.25, -0.2) is 19.3 Å². The molecule has 0 radical (unpaired) electrons. The van der Waals surface area contributed by atoms with E-state index < -0.39 is 24.4 Å². The fraction of sp³-hybridized carbons (Fsp3) is 0.457. The van der Waals surface area contributed by atoms with E-state index in [0.29, 0.717) is 72.7 Å². The van der Waals surface area contributed by atoms with Gasteiger partial charge in [0.15, 0.2) is 11.5 Å². The fourth-order valence-electron chi connectivity index (χ4n) is 14.1. The Kier molecular flexibility index (Phi) is 33.3. The first-order chi connectivity index (χ1) is 54.1. The van der Waals surface area contributed by atoms with Crippen molar-refractivity contribution in [2.24, 2.45) is 0 Å². The molecule has 26 nitrogen and oxygen atoms in total. The number of unbranched alkanes of at least 4 members (excludes halogenated alkanes) is 1. The Balaban J connectivity index is 0.000000189. The van der Waals surface area contributed by atoms with Crippen LogP contribution in [-0.4, -0.2) is 194 Å². The average Bonchev–Trinajstić information content (AvgIpc) is 0.844. The Hall–Kier alpha value is -7.82. The molecule has 4 aliphatic heterocycles. The number of ether oxygens (including phenoxy) is 4. The number of nitrogens with two attached hydrogens (primary N) is 1. The van der Waals surface area contributed by atoms with Gasteiger partial charge >= 0.3 is 0 Å². The van der Waals surface area contributed by atoms with Gasteiger partial charge in [-0.3, -0.25) is 4.55 Å². The number of methoxy groups -OCH3 is 4. The summed E-state index contributed by atoms with van der Waals surface area (Å²) in [4.78, 5) is 27.8. The third-order valence-electron chi connectivity index (χ3n) is 20.3. The van der Waals surface area contributed by atoms with Gasteiger partial charge in [0.05, 0.1) is 101 Å². The number of likely N-dealkylation sites (tertiary alicyclic amines) is 2. The van der Waals surface area contributed by atoms with Gasteiger partial charge in [0.25, 0.3) is 10.1 Å². The number of piperidine rings is 4. The van der Waals surface area contributed by atoms with Crippen LogP contribution in [0.2, 0.25) is 5.28 Å². The third-order valence-corrected chi connectivity index (χ3v) is 25.6. The van der Waals surface area contributed by atoms with Gasteiger partial charge in [-0.05, 0) is 246 Å². The van der Waals surface area contributed by atoms with Gasteiger partial charge < -0.3 is 74.5 Å². The molecule has 0 spiro atoms. The van der Waals surface area contributed by atoms with E-state index in [9.17, 15) is 17.5 Å². The largest absolute Gasteiger partial charge is 0.495 e. The number of benzene rings is 5. The minimum absolute atomic E-state index is 0.0666. The molecule has 4 saturated heterocycles. The van der Waals surface area contributed by atoms with Crippen molar-refractivity contribution in [3.05, 3.63) is 153 Å². The van der Waals surface area contributed by atoms with E-state index >= 15 is 0 Å². The molecule has 4 aliphatic rings. The van der Waals surface area contributed by atoms with Crippen molar-refractivity contribution in [3.63, 3.8) is 0 Å². The lowest BCUT2D eigenvalue weighted by atomic mass is 9.98. The first-order valence-electron chi connectivity index (χ1n) is 38.5. The second-order valence-electron chi connectivity index (χ2n) is 29.0. The smallest absolute Gasteiger partial charge is 0.294 e. The Morgan fingerprint density at radius 2 is 1.02 bits per heavy atom. The van der Waals surface area contributed by atoms with Crippen LogP contribution in [0.25, 0.3) is 11.4 Å². The maximum Gasteiger partial charge on any atom is 0.294 e. The maximum absolute atomic E-state index is 13.5. The predicted molar refractivity (Wildman–Crippen MR) is 466 cm³/mol. The number of hydrogen-bond donors (Lipinski definition) is 6. The quantitative estimate of drug-likeness (QED) is 0.0150. The molecule has 8 heterocycles. The monoisotopic (exact) mass is 1750 g/mol. The Morgan fingerprint density at radius 3 is 1.42 bits per heavy atom. The lowest BCUT2D eigenvalue weighted by Gasteiger charge is -2.41. The number of nitrogens with one attached hydrogen (secondary N) is 3. The van der Waals surface area contributed by atoms with Crippen LogP contribution in [0.4, 0.5) is 51.7 Å². The van der Waals surface area contributed by atoms with E-state index in [0.717, 1.165) is 97.7 Å². The molecule has 9 aromatic rings. The highest BCUT2D eigenvalue weighted by Gasteiger charge is 2.30. The van der Waals surface area contributed by atoms with Gasteiger partial charge in [-0.2, -0.15) is 28.6 Å². The third kappa shape index (κ3) is 25.1. The van der Waals surface area contributed by atoms with E-state index in [1.165, 1.54) is 125 Å². The van der Waals surface area contributed by atoms with E-state index in [2.05, 4.69) is 138 Å². The maximum atomic E-state index is 13.5. The van der Waals surface area contributed by atoms with Gasteiger partial charge in [-0.15, -0.1) is 0 Å². The summed E-state index contributed by atoms with van der Waals surface area (Å²) >= 11 is 12.9. The zero-order chi connectivity index (χ0) is 81.6. The highest BCUT2D eigenvalue weighted by Crippen LogP contribution is 2.43. The number of rotatable bonds is 23. The van der Waals surface area contributed by atoms with Crippen LogP contribution in [0, 0.1) is 6.92 Å². The summed E-state index contributed by atoms with van der Waals surface area (Å²) in [5.41, 5.74) is 16.7. The number of aliphatic hydroxyl groups excluding tert-OH is 1. The van der Waals surface area contributed by atoms with E-state index in [-0.39, 0.29) is 10.2 Å². The number of aryl methyl sites for hydroxylation is 3. The van der Waals surface area contributed by atoms with Crippen molar-refractivity contribution in [2.45, 2.75) is 135 Å². The van der Waals surface area contributed by atoms with Gasteiger partial charge in [0.2, 0.25) is 11.2 Å². The van der Waals surface area contributed by atoms with Crippen molar-refractivity contribution in [3.8, 4) is 34.4 Å². The Bertz CT molecular complexity index is 4790. The molecule has 7 N–H and O–H groups in total.